The molecule has 6 nitrogen and oxygen atoms in total. The van der Waals surface area contributed by atoms with Gasteiger partial charge >= 0.3 is 0 Å². The zero-order chi connectivity index (χ0) is 22.5. The Hall–Kier alpha value is -3.29. The number of anilines is 2. The first-order valence-corrected chi connectivity index (χ1v) is 11.4. The monoisotopic (exact) mass is 446 g/mol. The number of thiazole rings is 1. The third-order valence-corrected chi connectivity index (χ3v) is 6.32. The summed E-state index contributed by atoms with van der Waals surface area (Å²) in [5.74, 6) is -0.145. The van der Waals surface area contributed by atoms with E-state index in [2.05, 4.69) is 29.1 Å². The molecule has 1 aliphatic heterocycles. The van der Waals surface area contributed by atoms with E-state index in [1.54, 1.807) is 17.1 Å². The highest BCUT2D eigenvalue weighted by Gasteiger charge is 2.29. The molecule has 1 fully saturated rings. The van der Waals surface area contributed by atoms with Crippen molar-refractivity contribution in [3.63, 3.8) is 0 Å². The Morgan fingerprint density at radius 1 is 1.06 bits per heavy atom. The average Bonchev–Trinajstić information content (AvgIpc) is 3.27. The number of hydrogen-bond donors (Lipinski definition) is 0. The van der Waals surface area contributed by atoms with E-state index in [9.17, 15) is 9.59 Å². The molecule has 32 heavy (non-hydrogen) atoms. The molecule has 2 aromatic carbocycles. The first-order chi connectivity index (χ1) is 15.5. The van der Waals surface area contributed by atoms with Gasteiger partial charge in [-0.1, -0.05) is 48.5 Å². The zero-order valence-electron chi connectivity index (χ0n) is 18.2. The van der Waals surface area contributed by atoms with Crippen molar-refractivity contribution in [3.05, 3.63) is 83.4 Å². The number of piperazine rings is 1. The summed E-state index contributed by atoms with van der Waals surface area (Å²) in [6.07, 6.45) is 3.31. The van der Waals surface area contributed by atoms with E-state index in [-0.39, 0.29) is 17.9 Å². The van der Waals surface area contributed by atoms with Crippen LogP contribution in [0.2, 0.25) is 0 Å². The van der Waals surface area contributed by atoms with Gasteiger partial charge in [-0.3, -0.25) is 14.5 Å². The second-order valence-electron chi connectivity index (χ2n) is 7.80. The van der Waals surface area contributed by atoms with Crippen LogP contribution in [0.15, 0.2) is 72.1 Å². The lowest BCUT2D eigenvalue weighted by atomic mass is 10.0. The van der Waals surface area contributed by atoms with Crippen molar-refractivity contribution in [2.24, 2.45) is 0 Å². The summed E-state index contributed by atoms with van der Waals surface area (Å²) in [7, 11) is 2.08. The molecule has 1 atom stereocenters. The lowest BCUT2D eigenvalue weighted by molar-refractivity contribution is -0.130. The van der Waals surface area contributed by atoms with Gasteiger partial charge in [-0.05, 0) is 30.8 Å². The molecule has 0 radical (unpaired) electrons. The fraction of sp³-hybridized carbons (Fsp3) is 0.240. The van der Waals surface area contributed by atoms with Crippen LogP contribution in [0.1, 0.15) is 24.2 Å². The minimum Gasteiger partial charge on any atom is -0.330 e. The summed E-state index contributed by atoms with van der Waals surface area (Å²) in [5.41, 5.74) is 2.56. The molecule has 0 bridgehead atoms. The lowest BCUT2D eigenvalue weighted by Crippen LogP contribution is -2.48. The first-order valence-electron chi connectivity index (χ1n) is 10.6. The summed E-state index contributed by atoms with van der Waals surface area (Å²) in [6, 6.07) is 19.6. The maximum atomic E-state index is 13.1. The number of rotatable bonds is 5. The van der Waals surface area contributed by atoms with E-state index in [0.717, 1.165) is 24.3 Å². The Bertz CT molecular complexity index is 1100. The Morgan fingerprint density at radius 2 is 1.75 bits per heavy atom. The van der Waals surface area contributed by atoms with E-state index in [0.29, 0.717) is 17.4 Å². The largest absolute Gasteiger partial charge is 0.330 e. The summed E-state index contributed by atoms with van der Waals surface area (Å²) in [5, 5.41) is 2.44. The molecule has 2 amide bonds. The molecule has 0 spiro atoms. The number of hydrogen-bond acceptors (Lipinski definition) is 5. The van der Waals surface area contributed by atoms with Crippen molar-refractivity contribution in [1.82, 2.24) is 14.8 Å². The smallest absolute Gasteiger partial charge is 0.247 e. The van der Waals surface area contributed by atoms with E-state index in [4.69, 9.17) is 0 Å². The molecule has 1 unspecified atom stereocenters. The van der Waals surface area contributed by atoms with Crippen LogP contribution in [0, 0.1) is 0 Å². The van der Waals surface area contributed by atoms with Gasteiger partial charge in [0.2, 0.25) is 11.8 Å². The predicted molar refractivity (Wildman–Crippen MR) is 129 cm³/mol. The second kappa shape index (κ2) is 9.89. The third-order valence-electron chi connectivity index (χ3n) is 5.48. The van der Waals surface area contributed by atoms with Crippen molar-refractivity contribution in [3.8, 4) is 0 Å². The average molecular weight is 447 g/mol. The first kappa shape index (κ1) is 21.9. The van der Waals surface area contributed by atoms with E-state index in [1.807, 2.05) is 58.8 Å². The topological polar surface area (TPSA) is 56.8 Å². The summed E-state index contributed by atoms with van der Waals surface area (Å²) >= 11 is 1.38. The Morgan fingerprint density at radius 3 is 2.44 bits per heavy atom. The van der Waals surface area contributed by atoms with E-state index >= 15 is 0 Å². The SMILES string of the molecule is CC(=O)N(c1ccccc1)c1nc(/C=C/C(=O)N2CCN(C)CC2c2ccccc2)cs1. The van der Waals surface area contributed by atoms with Crippen molar-refractivity contribution < 1.29 is 9.59 Å². The Kier molecular flexibility index (Phi) is 6.78. The van der Waals surface area contributed by atoms with Crippen LogP contribution in [0.5, 0.6) is 0 Å². The molecule has 164 valence electrons. The molecule has 1 aliphatic rings. The molecule has 2 heterocycles. The van der Waals surface area contributed by atoms with Crippen LogP contribution in [0.3, 0.4) is 0 Å². The summed E-state index contributed by atoms with van der Waals surface area (Å²) in [6.45, 7) is 3.84. The predicted octanol–water partition coefficient (Wildman–Crippen LogP) is 4.36. The Balaban J connectivity index is 1.51. The molecule has 4 rings (SSSR count). The van der Waals surface area contributed by atoms with Crippen LogP contribution >= 0.6 is 11.3 Å². The van der Waals surface area contributed by atoms with Gasteiger partial charge in [0, 0.05) is 38.0 Å². The number of carbonyl (C=O) groups is 2. The molecule has 0 aliphatic carbocycles. The molecule has 0 N–H and O–H groups in total. The number of benzene rings is 2. The van der Waals surface area contributed by atoms with Crippen LogP contribution in [0.25, 0.3) is 6.08 Å². The van der Waals surface area contributed by atoms with Gasteiger partial charge in [-0.15, -0.1) is 11.3 Å². The van der Waals surface area contributed by atoms with E-state index in [1.165, 1.54) is 18.3 Å². The summed E-state index contributed by atoms with van der Waals surface area (Å²) < 4.78 is 0. The van der Waals surface area contributed by atoms with Gasteiger partial charge in [0.05, 0.1) is 17.4 Å². The molecule has 1 saturated heterocycles. The molecular weight excluding hydrogens is 420 g/mol. The van der Waals surface area contributed by atoms with Gasteiger partial charge in [0.25, 0.3) is 0 Å². The van der Waals surface area contributed by atoms with Gasteiger partial charge in [0.1, 0.15) is 0 Å². The number of likely N-dealkylation sites (N-methyl/N-ethyl adjacent to an activating group) is 1. The maximum absolute atomic E-state index is 13.1. The molecule has 0 saturated carbocycles. The van der Waals surface area contributed by atoms with Crippen molar-refractivity contribution in [1.29, 1.82) is 0 Å². The number of aromatic nitrogens is 1. The van der Waals surface area contributed by atoms with Gasteiger partial charge < -0.3 is 9.80 Å². The zero-order valence-corrected chi connectivity index (χ0v) is 19.0. The second-order valence-corrected chi connectivity index (χ2v) is 8.64. The summed E-state index contributed by atoms with van der Waals surface area (Å²) in [4.78, 5) is 35.6. The number of carbonyl (C=O) groups excluding carboxylic acids is 2. The highest BCUT2D eigenvalue weighted by atomic mass is 32.1. The van der Waals surface area contributed by atoms with Crippen molar-refractivity contribution in [2.75, 3.05) is 31.6 Å². The molecule has 1 aromatic heterocycles. The van der Waals surface area contributed by atoms with Gasteiger partial charge in [-0.25, -0.2) is 4.98 Å². The highest BCUT2D eigenvalue weighted by Crippen LogP contribution is 2.29. The minimum absolute atomic E-state index is 0.0179. The quantitative estimate of drug-likeness (QED) is 0.547. The van der Waals surface area contributed by atoms with Gasteiger partial charge in [-0.2, -0.15) is 0 Å². The lowest BCUT2D eigenvalue weighted by Gasteiger charge is -2.39. The van der Waals surface area contributed by atoms with Crippen LogP contribution in [-0.4, -0.2) is 53.3 Å². The number of amides is 2. The third kappa shape index (κ3) is 4.95. The number of nitrogens with zero attached hydrogens (tertiary/aromatic N) is 4. The van der Waals surface area contributed by atoms with Crippen LogP contribution in [0.4, 0.5) is 10.8 Å². The van der Waals surface area contributed by atoms with Crippen LogP contribution < -0.4 is 4.90 Å². The van der Waals surface area contributed by atoms with Gasteiger partial charge in [0.15, 0.2) is 5.13 Å². The molecule has 7 heteroatoms. The fourth-order valence-corrected chi connectivity index (χ4v) is 4.71. The van der Waals surface area contributed by atoms with Crippen LogP contribution in [-0.2, 0) is 9.59 Å². The van der Waals surface area contributed by atoms with Crippen molar-refractivity contribution in [2.45, 2.75) is 13.0 Å². The molecular formula is C25H26N4O2S. The number of para-hydroxylation sites is 1. The maximum Gasteiger partial charge on any atom is 0.247 e. The van der Waals surface area contributed by atoms with Crippen molar-refractivity contribution >= 4 is 40.0 Å². The minimum atomic E-state index is -0.111. The normalized spacial score (nSPS) is 16.9. The Labute approximate surface area is 192 Å². The fourth-order valence-electron chi connectivity index (χ4n) is 3.86. The van der Waals surface area contributed by atoms with E-state index < -0.39 is 0 Å². The molecule has 3 aromatic rings. The standard InChI is InChI=1S/C25H26N4O2S/c1-19(30)29(22-11-7-4-8-12-22)25-26-21(18-32-25)13-14-24(31)28-16-15-27(2)17-23(28)20-9-5-3-6-10-20/h3-14,18,23H,15-17H2,1-2H3/b14-13+. The highest BCUT2D eigenvalue weighted by molar-refractivity contribution is 7.14.